The van der Waals surface area contributed by atoms with Crippen LogP contribution in [0.15, 0.2) is 84.4 Å². The predicted molar refractivity (Wildman–Crippen MR) is 139 cm³/mol. The number of hydrogen-bond acceptors (Lipinski definition) is 4. The molecule has 0 spiro atoms. The number of carbonyl (C=O) groups excluding carboxylic acids is 2. The minimum atomic E-state index is -0.617. The number of Topliss-reactive ketones (excluding diaryl/α,β-unsaturated/α-hetero) is 1. The molecule has 3 aromatic rings. The van der Waals surface area contributed by atoms with Gasteiger partial charge < -0.3 is 14.7 Å². The lowest BCUT2D eigenvalue weighted by Crippen LogP contribution is -2.40. The summed E-state index contributed by atoms with van der Waals surface area (Å²) in [6, 6.07) is 24.2. The highest BCUT2D eigenvalue weighted by molar-refractivity contribution is 6.46. The molecule has 0 radical (unpaired) electrons. The first-order valence-electron chi connectivity index (χ1n) is 12.7. The molecule has 2 fully saturated rings. The van der Waals surface area contributed by atoms with Crippen molar-refractivity contribution in [3.8, 4) is 5.75 Å². The molecule has 1 aliphatic heterocycles. The number of likely N-dealkylation sites (tertiary alicyclic amines) is 1. The number of ketones is 1. The smallest absolute Gasteiger partial charge is 0.295 e. The van der Waals surface area contributed by atoms with E-state index in [1.165, 1.54) is 0 Å². The highest BCUT2D eigenvalue weighted by Crippen LogP contribution is 2.43. The average molecular weight is 482 g/mol. The van der Waals surface area contributed by atoms with Crippen molar-refractivity contribution in [2.45, 2.75) is 57.7 Å². The zero-order valence-electron chi connectivity index (χ0n) is 20.5. The molecular formula is C31H31NO4. The summed E-state index contributed by atoms with van der Waals surface area (Å²) in [5.74, 6) is -0.568. The van der Waals surface area contributed by atoms with Crippen molar-refractivity contribution in [3.63, 3.8) is 0 Å². The van der Waals surface area contributed by atoms with Gasteiger partial charge in [0.15, 0.2) is 0 Å². The Labute approximate surface area is 212 Å². The van der Waals surface area contributed by atoms with Gasteiger partial charge in [-0.2, -0.15) is 0 Å². The fourth-order valence-corrected chi connectivity index (χ4v) is 5.40. The zero-order chi connectivity index (χ0) is 25.1. The van der Waals surface area contributed by atoms with E-state index in [-0.39, 0.29) is 17.4 Å². The molecule has 1 unspecified atom stereocenters. The lowest BCUT2D eigenvalue weighted by Gasteiger charge is -2.35. The Morgan fingerprint density at radius 2 is 1.58 bits per heavy atom. The topological polar surface area (TPSA) is 66.8 Å². The number of rotatable bonds is 6. The first-order chi connectivity index (χ1) is 17.5. The Hall–Kier alpha value is -3.86. The molecule has 2 aliphatic rings. The van der Waals surface area contributed by atoms with Crippen LogP contribution in [0.25, 0.3) is 5.76 Å². The molecule has 1 saturated heterocycles. The van der Waals surface area contributed by atoms with E-state index in [1.54, 1.807) is 11.0 Å². The van der Waals surface area contributed by atoms with E-state index in [0.717, 1.165) is 48.8 Å². The Bertz CT molecular complexity index is 1280. The van der Waals surface area contributed by atoms with Crippen LogP contribution in [0.4, 0.5) is 0 Å². The molecule has 5 rings (SSSR count). The molecule has 1 N–H and O–H groups in total. The summed E-state index contributed by atoms with van der Waals surface area (Å²) in [6.45, 7) is 2.35. The third-order valence-corrected chi connectivity index (χ3v) is 7.25. The maximum Gasteiger partial charge on any atom is 0.295 e. The summed E-state index contributed by atoms with van der Waals surface area (Å²) in [7, 11) is 0. The number of aliphatic hydroxyl groups is 1. The highest BCUT2D eigenvalue weighted by atomic mass is 16.5. The number of benzene rings is 3. The molecule has 5 nitrogen and oxygen atoms in total. The fourth-order valence-electron chi connectivity index (χ4n) is 5.40. The van der Waals surface area contributed by atoms with Crippen LogP contribution in [0.3, 0.4) is 0 Å². The van der Waals surface area contributed by atoms with Gasteiger partial charge in [0.1, 0.15) is 18.1 Å². The third kappa shape index (κ3) is 4.66. The van der Waals surface area contributed by atoms with Crippen molar-refractivity contribution in [1.29, 1.82) is 0 Å². The Balaban J connectivity index is 1.50. The van der Waals surface area contributed by atoms with Gasteiger partial charge in [0.2, 0.25) is 0 Å². The van der Waals surface area contributed by atoms with Crippen LogP contribution in [0.2, 0.25) is 0 Å². The monoisotopic (exact) mass is 481 g/mol. The second-order valence-corrected chi connectivity index (χ2v) is 9.66. The van der Waals surface area contributed by atoms with Gasteiger partial charge in [0, 0.05) is 11.6 Å². The SMILES string of the molecule is Cc1cc(/C(O)=C2/C(=O)C(=O)N(C3CCCCC3)C2c2ccccc2)ccc1OCc1ccccc1. The molecule has 1 saturated carbocycles. The van der Waals surface area contributed by atoms with Gasteiger partial charge >= 0.3 is 0 Å². The van der Waals surface area contributed by atoms with E-state index in [1.807, 2.05) is 79.7 Å². The minimum absolute atomic E-state index is 0.00112. The lowest BCUT2D eigenvalue weighted by molar-refractivity contribution is -0.141. The molecule has 1 amide bonds. The van der Waals surface area contributed by atoms with E-state index in [9.17, 15) is 14.7 Å². The maximum absolute atomic E-state index is 13.3. The summed E-state index contributed by atoms with van der Waals surface area (Å²) < 4.78 is 5.98. The van der Waals surface area contributed by atoms with Crippen molar-refractivity contribution in [2.75, 3.05) is 0 Å². The molecule has 36 heavy (non-hydrogen) atoms. The minimum Gasteiger partial charge on any atom is -0.507 e. The first kappa shape index (κ1) is 23.9. The number of amides is 1. The van der Waals surface area contributed by atoms with Crippen LogP contribution in [0.1, 0.15) is 60.4 Å². The lowest BCUT2D eigenvalue weighted by atomic mass is 9.91. The number of nitrogens with zero attached hydrogens (tertiary/aromatic N) is 1. The van der Waals surface area contributed by atoms with Crippen molar-refractivity contribution in [3.05, 3.63) is 107 Å². The average Bonchev–Trinajstić information content (AvgIpc) is 3.19. The van der Waals surface area contributed by atoms with Crippen LogP contribution >= 0.6 is 0 Å². The van der Waals surface area contributed by atoms with Gasteiger partial charge in [-0.15, -0.1) is 0 Å². The zero-order valence-corrected chi connectivity index (χ0v) is 20.5. The van der Waals surface area contributed by atoms with Gasteiger partial charge in [-0.1, -0.05) is 79.9 Å². The summed E-state index contributed by atoms with van der Waals surface area (Å²) in [4.78, 5) is 28.3. The van der Waals surface area contributed by atoms with E-state index in [0.29, 0.717) is 17.9 Å². The van der Waals surface area contributed by atoms with Gasteiger partial charge in [-0.05, 0) is 54.7 Å². The number of ether oxygens (including phenoxy) is 1. The van der Waals surface area contributed by atoms with Gasteiger partial charge in [-0.3, -0.25) is 9.59 Å². The number of hydrogen-bond donors (Lipinski definition) is 1. The largest absolute Gasteiger partial charge is 0.507 e. The number of aliphatic hydroxyl groups excluding tert-OH is 1. The summed E-state index contributed by atoms with van der Waals surface area (Å²) >= 11 is 0. The first-order valence-corrected chi connectivity index (χ1v) is 12.7. The molecule has 0 aromatic heterocycles. The van der Waals surface area contributed by atoms with E-state index < -0.39 is 17.7 Å². The molecule has 0 bridgehead atoms. The predicted octanol–water partition coefficient (Wildman–Crippen LogP) is 6.33. The molecule has 3 aromatic carbocycles. The van der Waals surface area contributed by atoms with E-state index in [4.69, 9.17) is 4.74 Å². The second kappa shape index (κ2) is 10.4. The molecule has 1 atom stereocenters. The molecule has 5 heteroatoms. The van der Waals surface area contributed by atoms with Crippen LogP contribution in [-0.4, -0.2) is 27.7 Å². The number of carbonyl (C=O) groups is 2. The summed E-state index contributed by atoms with van der Waals surface area (Å²) in [5.41, 5.74) is 3.40. The van der Waals surface area contributed by atoms with Crippen molar-refractivity contribution < 1.29 is 19.4 Å². The van der Waals surface area contributed by atoms with Gasteiger partial charge in [0.05, 0.1) is 11.6 Å². The Kier molecular flexibility index (Phi) is 6.90. The van der Waals surface area contributed by atoms with E-state index in [2.05, 4.69) is 0 Å². The van der Waals surface area contributed by atoms with Crippen molar-refractivity contribution in [1.82, 2.24) is 4.90 Å². The molecule has 184 valence electrons. The fraction of sp³-hybridized carbons (Fsp3) is 0.290. The Morgan fingerprint density at radius 3 is 2.25 bits per heavy atom. The van der Waals surface area contributed by atoms with Gasteiger partial charge in [0.25, 0.3) is 11.7 Å². The van der Waals surface area contributed by atoms with Crippen LogP contribution < -0.4 is 4.74 Å². The molecule has 1 heterocycles. The quantitative estimate of drug-likeness (QED) is 0.254. The highest BCUT2D eigenvalue weighted by Gasteiger charge is 2.48. The number of aryl methyl sites for hydroxylation is 1. The normalized spacial score (nSPS) is 20.0. The summed E-state index contributed by atoms with van der Waals surface area (Å²) in [6.07, 6.45) is 4.98. The second-order valence-electron chi connectivity index (χ2n) is 9.66. The van der Waals surface area contributed by atoms with Crippen molar-refractivity contribution in [2.24, 2.45) is 0 Å². The van der Waals surface area contributed by atoms with E-state index >= 15 is 0 Å². The van der Waals surface area contributed by atoms with Crippen LogP contribution in [-0.2, 0) is 16.2 Å². The third-order valence-electron chi connectivity index (χ3n) is 7.25. The molecule has 1 aliphatic carbocycles. The Morgan fingerprint density at radius 1 is 0.917 bits per heavy atom. The summed E-state index contributed by atoms with van der Waals surface area (Å²) in [5, 5.41) is 11.4. The molecular weight excluding hydrogens is 450 g/mol. The van der Waals surface area contributed by atoms with Crippen molar-refractivity contribution >= 4 is 17.4 Å². The van der Waals surface area contributed by atoms with Crippen LogP contribution in [0, 0.1) is 6.92 Å². The van der Waals surface area contributed by atoms with Crippen LogP contribution in [0.5, 0.6) is 5.75 Å². The standard InChI is InChI=1S/C31H31NO4/c1-21-19-24(17-18-26(21)36-20-22-11-5-2-6-12-22)29(33)27-28(23-13-7-3-8-14-23)32(31(35)30(27)34)25-15-9-4-10-16-25/h2-3,5-8,11-14,17-19,25,28,33H,4,9-10,15-16,20H2,1H3/b29-27-. The van der Waals surface area contributed by atoms with Gasteiger partial charge in [-0.25, -0.2) is 0 Å². The maximum atomic E-state index is 13.3.